The maximum Gasteiger partial charge on any atom is 0 e. The van der Waals surface area contributed by atoms with E-state index in [2.05, 4.69) is 67.4 Å². The number of hydrogen-bond donors (Lipinski definition) is 0. The molecule has 2 heteroatoms. The van der Waals surface area contributed by atoms with Crippen LogP contribution < -0.4 is 0 Å². The summed E-state index contributed by atoms with van der Waals surface area (Å²) in [6, 6.07) is 10.5. The average Bonchev–Trinajstić information content (AvgIpc) is 2.23. The van der Waals surface area contributed by atoms with Gasteiger partial charge in [-0.2, -0.15) is 0 Å². The van der Waals surface area contributed by atoms with E-state index in [-0.39, 0.29) is 0 Å². The van der Waals surface area contributed by atoms with Crippen LogP contribution in [0.4, 0.5) is 0 Å². The van der Waals surface area contributed by atoms with Gasteiger partial charge in [-0.05, 0) is 12.0 Å². The van der Waals surface area contributed by atoms with Crippen molar-refractivity contribution in [2.75, 3.05) is 0 Å². The Morgan fingerprint density at radius 2 is 1.31 bits per heavy atom. The van der Waals surface area contributed by atoms with Gasteiger partial charge in [0, 0.05) is 22.4 Å². The fourth-order valence-corrected chi connectivity index (χ4v) is 0.714. The third-order valence-electron chi connectivity index (χ3n) is 1.25. The van der Waals surface area contributed by atoms with Gasteiger partial charge in [-0.1, -0.05) is 57.5 Å². The highest BCUT2D eigenvalue weighted by Crippen LogP contribution is 1.96. The standard InChI is InChI=1S/C8H10.C3H8.S2/c1-2-8-6-4-3-5-7-8;1-3-2;1-2/h3-7H,2H2,1H3;3H2,1-2H3;. The molecular formula is C11H18S2. The Morgan fingerprint density at radius 3 is 1.54 bits per heavy atom. The lowest BCUT2D eigenvalue weighted by molar-refractivity contribution is 1.09. The van der Waals surface area contributed by atoms with Crippen LogP contribution in [0.2, 0.25) is 0 Å². The molecule has 1 aromatic rings. The Balaban J connectivity index is 0. The molecule has 0 fully saturated rings. The van der Waals surface area contributed by atoms with Gasteiger partial charge in [-0.15, -0.1) is 0 Å². The fraction of sp³-hybridized carbons (Fsp3) is 0.455. The summed E-state index contributed by atoms with van der Waals surface area (Å²) in [5.74, 6) is 0. The van der Waals surface area contributed by atoms with E-state index in [0.29, 0.717) is 0 Å². The second kappa shape index (κ2) is 14.2. The van der Waals surface area contributed by atoms with Crippen molar-refractivity contribution in [2.24, 2.45) is 0 Å². The minimum absolute atomic E-state index is 1.14. The van der Waals surface area contributed by atoms with E-state index in [1.807, 2.05) is 6.07 Å². The smallest absolute Gasteiger partial charge is 0 e. The average molecular weight is 214 g/mol. The largest absolute Gasteiger partial charge is 0.0656 e. The highest BCUT2D eigenvalue weighted by molar-refractivity contribution is 8.07. The highest BCUT2D eigenvalue weighted by atomic mass is 32.8. The predicted octanol–water partition coefficient (Wildman–Crippen LogP) is 3.66. The number of benzene rings is 1. The predicted molar refractivity (Wildman–Crippen MR) is 66.5 cm³/mol. The van der Waals surface area contributed by atoms with Crippen molar-refractivity contribution in [2.45, 2.75) is 33.6 Å². The van der Waals surface area contributed by atoms with Crippen molar-refractivity contribution < 1.29 is 0 Å². The normalized spacial score (nSPS) is 7.31. The maximum atomic E-state index is 3.67. The van der Waals surface area contributed by atoms with Crippen molar-refractivity contribution >= 4 is 22.4 Å². The summed E-state index contributed by atoms with van der Waals surface area (Å²) in [6.45, 7) is 6.41. The van der Waals surface area contributed by atoms with Crippen LogP contribution in [0, 0.1) is 0 Å². The van der Waals surface area contributed by atoms with Crippen LogP contribution in [-0.4, -0.2) is 0 Å². The summed E-state index contributed by atoms with van der Waals surface area (Å²) in [4.78, 5) is 0. The van der Waals surface area contributed by atoms with E-state index in [0.717, 1.165) is 6.42 Å². The van der Waals surface area contributed by atoms with Crippen LogP contribution in [0.3, 0.4) is 0 Å². The van der Waals surface area contributed by atoms with Gasteiger partial charge in [-0.25, -0.2) is 0 Å². The van der Waals surface area contributed by atoms with Gasteiger partial charge in [0.1, 0.15) is 0 Å². The summed E-state index contributed by atoms with van der Waals surface area (Å²) >= 11 is 7.33. The Morgan fingerprint density at radius 1 is 0.923 bits per heavy atom. The topological polar surface area (TPSA) is 0 Å². The third kappa shape index (κ3) is 11.7. The minimum Gasteiger partial charge on any atom is -0.0656 e. The molecule has 0 radical (unpaired) electrons. The molecule has 0 unspecified atom stereocenters. The Labute approximate surface area is 92.0 Å². The van der Waals surface area contributed by atoms with E-state index in [4.69, 9.17) is 0 Å². The van der Waals surface area contributed by atoms with E-state index in [1.54, 1.807) is 0 Å². The molecule has 0 spiro atoms. The number of aryl methyl sites for hydroxylation is 1. The van der Waals surface area contributed by atoms with Crippen LogP contribution in [0.25, 0.3) is 0 Å². The zero-order valence-electron chi connectivity index (χ0n) is 8.62. The summed E-state index contributed by atoms with van der Waals surface area (Å²) in [6.07, 6.45) is 2.39. The molecular weight excluding hydrogens is 196 g/mol. The van der Waals surface area contributed by atoms with Crippen LogP contribution in [-0.2, 0) is 28.8 Å². The van der Waals surface area contributed by atoms with Gasteiger partial charge in [0.15, 0.2) is 0 Å². The zero-order valence-corrected chi connectivity index (χ0v) is 10.3. The Kier molecular flexibility index (Phi) is 16.5. The quantitative estimate of drug-likeness (QED) is 0.700. The lowest BCUT2D eigenvalue weighted by atomic mass is 10.2. The second-order valence-corrected chi connectivity index (χ2v) is 2.55. The molecule has 0 saturated heterocycles. The molecule has 1 aromatic carbocycles. The van der Waals surface area contributed by atoms with E-state index < -0.39 is 0 Å². The van der Waals surface area contributed by atoms with Crippen LogP contribution >= 0.6 is 0 Å². The van der Waals surface area contributed by atoms with Gasteiger partial charge in [-0.3, -0.25) is 0 Å². The molecule has 0 amide bonds. The van der Waals surface area contributed by atoms with Crippen molar-refractivity contribution in [3.8, 4) is 0 Å². The molecule has 0 saturated carbocycles. The molecule has 0 heterocycles. The Hall–Kier alpha value is -0.340. The molecule has 0 aliphatic rings. The lowest BCUT2D eigenvalue weighted by Crippen LogP contribution is -1.73. The van der Waals surface area contributed by atoms with Crippen molar-refractivity contribution in [1.29, 1.82) is 0 Å². The highest BCUT2D eigenvalue weighted by Gasteiger charge is 1.79. The first-order valence-electron chi connectivity index (χ1n) is 4.55. The van der Waals surface area contributed by atoms with Crippen LogP contribution in [0.5, 0.6) is 0 Å². The molecule has 0 atom stereocenters. The third-order valence-corrected chi connectivity index (χ3v) is 1.25. The van der Waals surface area contributed by atoms with Gasteiger partial charge in [0.25, 0.3) is 0 Å². The molecule has 0 aliphatic carbocycles. The van der Waals surface area contributed by atoms with Gasteiger partial charge >= 0.3 is 0 Å². The zero-order chi connectivity index (χ0) is 10.5. The molecule has 0 bridgehead atoms. The van der Waals surface area contributed by atoms with E-state index in [1.165, 1.54) is 12.0 Å². The molecule has 13 heavy (non-hydrogen) atoms. The number of hydrogen-bond acceptors (Lipinski definition) is 2. The van der Waals surface area contributed by atoms with Crippen molar-refractivity contribution in [3.63, 3.8) is 0 Å². The molecule has 74 valence electrons. The summed E-state index contributed by atoms with van der Waals surface area (Å²) in [7, 11) is 0. The molecule has 0 aliphatic heterocycles. The van der Waals surface area contributed by atoms with E-state index in [9.17, 15) is 0 Å². The summed E-state index contributed by atoms with van der Waals surface area (Å²) in [5.41, 5.74) is 1.41. The first-order valence-corrected chi connectivity index (χ1v) is 5.89. The van der Waals surface area contributed by atoms with E-state index >= 15 is 0 Å². The number of rotatable bonds is 1. The SMILES string of the molecule is CCC.CCc1ccccc1.S=S. The molecule has 1 rings (SSSR count). The maximum absolute atomic E-state index is 3.67. The van der Waals surface area contributed by atoms with Gasteiger partial charge < -0.3 is 0 Å². The molecule has 0 nitrogen and oxygen atoms in total. The molecule has 0 aromatic heterocycles. The first kappa shape index (κ1) is 15.1. The lowest BCUT2D eigenvalue weighted by Gasteiger charge is -1.89. The van der Waals surface area contributed by atoms with Crippen molar-refractivity contribution in [3.05, 3.63) is 35.9 Å². The Bertz CT molecular complexity index is 173. The summed E-state index contributed by atoms with van der Waals surface area (Å²) in [5, 5.41) is 0. The second-order valence-electron chi connectivity index (χ2n) is 2.55. The first-order chi connectivity index (χ1) is 6.35. The van der Waals surface area contributed by atoms with Crippen LogP contribution in [0.1, 0.15) is 32.8 Å². The van der Waals surface area contributed by atoms with Crippen molar-refractivity contribution in [1.82, 2.24) is 0 Å². The molecule has 0 N–H and O–H groups in total. The van der Waals surface area contributed by atoms with Gasteiger partial charge in [0.05, 0.1) is 0 Å². The summed E-state index contributed by atoms with van der Waals surface area (Å²) < 4.78 is 0. The minimum atomic E-state index is 1.14. The fourth-order valence-electron chi connectivity index (χ4n) is 0.714. The monoisotopic (exact) mass is 214 g/mol. The van der Waals surface area contributed by atoms with Crippen LogP contribution in [0.15, 0.2) is 30.3 Å². The van der Waals surface area contributed by atoms with Gasteiger partial charge in [0.2, 0.25) is 0 Å².